The third kappa shape index (κ3) is 3.85. The Morgan fingerprint density at radius 1 is 1.46 bits per heavy atom. The number of thioether (sulfide) groups is 1. The minimum absolute atomic E-state index is 0.0505. The van der Waals surface area contributed by atoms with Gasteiger partial charge in [-0.1, -0.05) is 0 Å². The summed E-state index contributed by atoms with van der Waals surface area (Å²) in [6.07, 6.45) is 3.28. The lowest BCUT2D eigenvalue weighted by Gasteiger charge is -2.28. The summed E-state index contributed by atoms with van der Waals surface area (Å²) in [7, 11) is -3.14. The van der Waals surface area contributed by atoms with Crippen LogP contribution in [0.5, 0.6) is 0 Å². The number of furan rings is 1. The lowest BCUT2D eigenvalue weighted by Crippen LogP contribution is -2.47. The molecule has 2 saturated heterocycles. The summed E-state index contributed by atoms with van der Waals surface area (Å²) in [4.78, 5) is 39.6. The Kier molecular flexibility index (Phi) is 5.24. The monoisotopic (exact) mass is 398 g/mol. The van der Waals surface area contributed by atoms with Gasteiger partial charge in [-0.25, -0.2) is 8.42 Å². The van der Waals surface area contributed by atoms with Crippen LogP contribution in [-0.2, 0) is 19.4 Å². The van der Waals surface area contributed by atoms with Crippen LogP contribution >= 0.6 is 11.8 Å². The van der Waals surface area contributed by atoms with Crippen LogP contribution < -0.4 is 0 Å². The molecule has 0 aliphatic carbocycles. The fourth-order valence-electron chi connectivity index (χ4n) is 3.02. The Hall–Kier alpha value is -2.07. The Labute approximate surface area is 155 Å². The fraction of sp³-hybridized carbons (Fsp3) is 0.438. The third-order valence-electron chi connectivity index (χ3n) is 4.29. The molecule has 26 heavy (non-hydrogen) atoms. The molecule has 2 fully saturated rings. The van der Waals surface area contributed by atoms with Crippen molar-refractivity contribution in [3.8, 4) is 0 Å². The second-order valence-corrected chi connectivity index (χ2v) is 9.24. The van der Waals surface area contributed by atoms with Crippen molar-refractivity contribution in [2.45, 2.75) is 19.4 Å². The van der Waals surface area contributed by atoms with E-state index in [1.165, 1.54) is 17.2 Å². The lowest BCUT2D eigenvalue weighted by atomic mass is 10.2. The van der Waals surface area contributed by atoms with Gasteiger partial charge in [-0.15, -0.1) is 0 Å². The van der Waals surface area contributed by atoms with E-state index < -0.39 is 39.5 Å². The lowest BCUT2D eigenvalue weighted by molar-refractivity contribution is -0.137. The molecule has 3 heterocycles. The van der Waals surface area contributed by atoms with Gasteiger partial charge in [0.1, 0.15) is 12.3 Å². The fourth-order valence-corrected chi connectivity index (χ4v) is 5.57. The van der Waals surface area contributed by atoms with Crippen molar-refractivity contribution in [2.75, 3.05) is 24.6 Å². The Morgan fingerprint density at radius 2 is 2.23 bits per heavy atom. The number of likely N-dealkylation sites (N-methyl/N-ethyl adjacent to an activating group) is 1. The summed E-state index contributed by atoms with van der Waals surface area (Å²) >= 11 is 0.745. The maximum absolute atomic E-state index is 12.6. The zero-order chi connectivity index (χ0) is 18.9. The highest BCUT2D eigenvalue weighted by molar-refractivity contribution is 8.18. The van der Waals surface area contributed by atoms with Crippen molar-refractivity contribution >= 4 is 44.7 Å². The maximum atomic E-state index is 12.6. The summed E-state index contributed by atoms with van der Waals surface area (Å²) in [6, 6.07) is 2.91. The summed E-state index contributed by atoms with van der Waals surface area (Å²) in [5, 5.41) is -0.531. The van der Waals surface area contributed by atoms with Gasteiger partial charge in [0.2, 0.25) is 5.91 Å². The van der Waals surface area contributed by atoms with Crippen LogP contribution in [0.15, 0.2) is 27.7 Å². The molecule has 3 amide bonds. The van der Waals surface area contributed by atoms with E-state index >= 15 is 0 Å². The number of sulfone groups is 1. The number of nitrogens with zero attached hydrogens (tertiary/aromatic N) is 2. The number of rotatable bonds is 5. The molecule has 1 atom stereocenters. The standard InChI is InChI=1S/C16H18N2O6S2/c1-2-17(11-5-7-26(22,23)10-11)14(19)9-18-15(20)13(25-16(18)21)8-12-4-3-6-24-12/h3-4,6,8,11H,2,5,7,9-10H2,1H3/b13-8-/t11-/m0/s1. The van der Waals surface area contributed by atoms with E-state index in [0.29, 0.717) is 18.7 Å². The molecule has 0 N–H and O–H groups in total. The number of carbonyl (C=O) groups is 3. The first-order valence-corrected chi connectivity index (χ1v) is 10.7. The molecule has 8 nitrogen and oxygen atoms in total. The predicted molar refractivity (Wildman–Crippen MR) is 95.8 cm³/mol. The summed E-state index contributed by atoms with van der Waals surface area (Å²) in [5.74, 6) is -0.578. The van der Waals surface area contributed by atoms with Crippen molar-refractivity contribution in [2.24, 2.45) is 0 Å². The van der Waals surface area contributed by atoms with Gasteiger partial charge in [0, 0.05) is 18.7 Å². The zero-order valence-electron chi connectivity index (χ0n) is 14.1. The molecule has 0 unspecified atom stereocenters. The van der Waals surface area contributed by atoms with Gasteiger partial charge in [0.05, 0.1) is 22.7 Å². The molecule has 0 bridgehead atoms. The van der Waals surface area contributed by atoms with Gasteiger partial charge in [-0.3, -0.25) is 19.3 Å². The topological polar surface area (TPSA) is 105 Å². The first kappa shape index (κ1) is 18.7. The summed E-state index contributed by atoms with van der Waals surface area (Å²) < 4.78 is 28.4. The van der Waals surface area contributed by atoms with Crippen molar-refractivity contribution in [1.82, 2.24) is 9.80 Å². The van der Waals surface area contributed by atoms with Crippen LogP contribution in [0.1, 0.15) is 19.1 Å². The quantitative estimate of drug-likeness (QED) is 0.690. The van der Waals surface area contributed by atoms with Crippen LogP contribution in [0.3, 0.4) is 0 Å². The smallest absolute Gasteiger partial charge is 0.294 e. The van der Waals surface area contributed by atoms with Crippen LogP contribution in [0.4, 0.5) is 4.79 Å². The average Bonchev–Trinajstić information content (AvgIpc) is 3.26. The molecular formula is C16H18N2O6S2. The highest BCUT2D eigenvalue weighted by atomic mass is 32.2. The van der Waals surface area contributed by atoms with Crippen LogP contribution in [0.25, 0.3) is 6.08 Å². The van der Waals surface area contributed by atoms with Crippen molar-refractivity contribution in [3.05, 3.63) is 29.1 Å². The highest BCUT2D eigenvalue weighted by Crippen LogP contribution is 2.32. The minimum Gasteiger partial charge on any atom is -0.465 e. The second kappa shape index (κ2) is 7.28. The van der Waals surface area contributed by atoms with Gasteiger partial charge in [-0.2, -0.15) is 0 Å². The molecule has 0 saturated carbocycles. The number of carbonyl (C=O) groups excluding carboxylic acids is 3. The molecule has 2 aliphatic heterocycles. The second-order valence-electron chi connectivity index (χ2n) is 6.02. The average molecular weight is 398 g/mol. The number of hydrogen-bond donors (Lipinski definition) is 0. The van der Waals surface area contributed by atoms with Gasteiger partial charge < -0.3 is 9.32 Å². The number of hydrogen-bond acceptors (Lipinski definition) is 7. The number of imide groups is 1. The molecule has 0 radical (unpaired) electrons. The minimum atomic E-state index is -3.14. The van der Waals surface area contributed by atoms with Crippen molar-refractivity contribution in [3.63, 3.8) is 0 Å². The maximum Gasteiger partial charge on any atom is 0.294 e. The van der Waals surface area contributed by atoms with Crippen molar-refractivity contribution in [1.29, 1.82) is 0 Å². The van der Waals surface area contributed by atoms with E-state index in [-0.39, 0.29) is 16.4 Å². The molecule has 1 aromatic heterocycles. The molecule has 2 aliphatic rings. The van der Waals surface area contributed by atoms with Gasteiger partial charge in [0.15, 0.2) is 9.84 Å². The van der Waals surface area contributed by atoms with Gasteiger partial charge in [0.25, 0.3) is 11.1 Å². The SMILES string of the molecule is CCN(C(=O)CN1C(=O)S/C(=C\c2ccco2)C1=O)[C@H]1CCS(=O)(=O)C1. The molecule has 1 aromatic rings. The van der Waals surface area contributed by atoms with E-state index in [2.05, 4.69) is 0 Å². The van der Waals surface area contributed by atoms with Gasteiger partial charge in [-0.05, 0) is 37.2 Å². The molecule has 10 heteroatoms. The van der Waals surface area contributed by atoms with E-state index in [1.807, 2.05) is 0 Å². The van der Waals surface area contributed by atoms with E-state index in [9.17, 15) is 22.8 Å². The van der Waals surface area contributed by atoms with E-state index in [0.717, 1.165) is 16.7 Å². The summed E-state index contributed by atoms with van der Waals surface area (Å²) in [6.45, 7) is 1.66. The Balaban J connectivity index is 1.70. The van der Waals surface area contributed by atoms with E-state index in [4.69, 9.17) is 4.42 Å². The first-order valence-electron chi connectivity index (χ1n) is 8.09. The van der Waals surface area contributed by atoms with Crippen LogP contribution in [-0.4, -0.2) is 65.9 Å². The van der Waals surface area contributed by atoms with Crippen molar-refractivity contribution < 1.29 is 27.2 Å². The molecule has 3 rings (SSSR count). The first-order chi connectivity index (χ1) is 12.3. The van der Waals surface area contributed by atoms with Gasteiger partial charge >= 0.3 is 0 Å². The van der Waals surface area contributed by atoms with Crippen LogP contribution in [0, 0.1) is 0 Å². The Bertz CT molecular complexity index is 859. The highest BCUT2D eigenvalue weighted by Gasteiger charge is 2.39. The predicted octanol–water partition coefficient (Wildman–Crippen LogP) is 1.35. The number of amides is 3. The third-order valence-corrected chi connectivity index (χ3v) is 6.95. The Morgan fingerprint density at radius 3 is 2.81 bits per heavy atom. The zero-order valence-corrected chi connectivity index (χ0v) is 15.7. The van der Waals surface area contributed by atoms with Crippen LogP contribution in [0.2, 0.25) is 0 Å². The molecule has 0 aromatic carbocycles. The molecule has 0 spiro atoms. The molecule has 140 valence electrons. The normalized spacial score (nSPS) is 23.8. The summed E-state index contributed by atoms with van der Waals surface area (Å²) in [5.41, 5.74) is 0. The van der Waals surface area contributed by atoms with E-state index in [1.54, 1.807) is 19.1 Å². The molecular weight excluding hydrogens is 380 g/mol. The largest absolute Gasteiger partial charge is 0.465 e.